The van der Waals surface area contributed by atoms with Crippen LogP contribution in [0.3, 0.4) is 0 Å². The first-order valence-corrected chi connectivity index (χ1v) is 4.92. The molecule has 0 bridgehead atoms. The zero-order chi connectivity index (χ0) is 10.8. The Morgan fingerprint density at radius 1 is 1.21 bits per heavy atom. The Bertz CT molecular complexity index is 197. The quantitative estimate of drug-likeness (QED) is 0.341. The van der Waals surface area contributed by atoms with Gasteiger partial charge in [-0.2, -0.15) is 0 Å². The van der Waals surface area contributed by atoms with Crippen molar-refractivity contribution in [2.75, 3.05) is 6.61 Å². The highest BCUT2D eigenvalue weighted by atomic mass is 16.5. The van der Waals surface area contributed by atoms with Crippen molar-refractivity contribution in [2.45, 2.75) is 39.0 Å². The predicted octanol–water partition coefficient (Wildman–Crippen LogP) is 2.26. The molecule has 0 saturated heterocycles. The monoisotopic (exact) mass is 198 g/mol. The minimum Gasteiger partial charge on any atom is -0.461 e. The van der Waals surface area contributed by atoms with Gasteiger partial charge in [-0.1, -0.05) is 19.1 Å². The van der Waals surface area contributed by atoms with E-state index in [-0.39, 0.29) is 18.4 Å². The second-order valence-corrected chi connectivity index (χ2v) is 3.23. The molecule has 0 spiro atoms. The maximum Gasteiger partial charge on any atom is 0.306 e. The van der Waals surface area contributed by atoms with E-state index < -0.39 is 0 Å². The molecule has 0 atom stereocenters. The number of ketones is 1. The highest BCUT2D eigenvalue weighted by Crippen LogP contribution is 2.04. The first-order valence-electron chi connectivity index (χ1n) is 4.92. The second-order valence-electron chi connectivity index (χ2n) is 3.23. The number of esters is 1. The van der Waals surface area contributed by atoms with E-state index in [2.05, 4.69) is 6.58 Å². The molecule has 0 heterocycles. The lowest BCUT2D eigenvalue weighted by molar-refractivity contribution is -0.142. The number of carbonyl (C=O) groups is 2. The predicted molar refractivity (Wildman–Crippen MR) is 54.9 cm³/mol. The topological polar surface area (TPSA) is 43.4 Å². The van der Waals surface area contributed by atoms with Crippen molar-refractivity contribution in [3.63, 3.8) is 0 Å². The summed E-state index contributed by atoms with van der Waals surface area (Å²) >= 11 is 0. The van der Waals surface area contributed by atoms with Crippen molar-refractivity contribution in [1.82, 2.24) is 0 Å². The van der Waals surface area contributed by atoms with Crippen molar-refractivity contribution >= 4 is 11.8 Å². The van der Waals surface area contributed by atoms with E-state index in [0.29, 0.717) is 12.8 Å². The molecule has 80 valence electrons. The van der Waals surface area contributed by atoms with Gasteiger partial charge in [-0.25, -0.2) is 0 Å². The van der Waals surface area contributed by atoms with Crippen LogP contribution in [-0.2, 0) is 14.3 Å². The zero-order valence-corrected chi connectivity index (χ0v) is 8.75. The first kappa shape index (κ1) is 12.9. The molecule has 0 radical (unpaired) electrons. The molecular weight excluding hydrogens is 180 g/mol. The van der Waals surface area contributed by atoms with Crippen LogP contribution in [0.5, 0.6) is 0 Å². The maximum atomic E-state index is 11.0. The van der Waals surface area contributed by atoms with Crippen molar-refractivity contribution in [3.8, 4) is 0 Å². The van der Waals surface area contributed by atoms with Gasteiger partial charge < -0.3 is 9.53 Å². The number of rotatable bonds is 8. The van der Waals surface area contributed by atoms with E-state index in [1.54, 1.807) is 13.0 Å². The van der Waals surface area contributed by atoms with Crippen LogP contribution >= 0.6 is 0 Å². The molecule has 0 N–H and O–H groups in total. The van der Waals surface area contributed by atoms with E-state index in [9.17, 15) is 9.59 Å². The van der Waals surface area contributed by atoms with E-state index in [1.165, 1.54) is 0 Å². The SMILES string of the molecule is C=CCOC(=O)CCCCCC(C)=O. The fourth-order valence-corrected chi connectivity index (χ4v) is 1.04. The maximum absolute atomic E-state index is 11.0. The van der Waals surface area contributed by atoms with E-state index in [0.717, 1.165) is 19.3 Å². The molecule has 14 heavy (non-hydrogen) atoms. The van der Waals surface area contributed by atoms with Gasteiger partial charge in [-0.3, -0.25) is 4.79 Å². The van der Waals surface area contributed by atoms with E-state index >= 15 is 0 Å². The summed E-state index contributed by atoms with van der Waals surface area (Å²) in [4.78, 5) is 21.5. The van der Waals surface area contributed by atoms with Gasteiger partial charge in [0.15, 0.2) is 0 Å². The fraction of sp³-hybridized carbons (Fsp3) is 0.636. The molecule has 0 aliphatic heterocycles. The normalized spacial score (nSPS) is 9.50. The number of ether oxygens (including phenoxy) is 1. The van der Waals surface area contributed by atoms with Crippen LogP contribution in [-0.4, -0.2) is 18.4 Å². The molecule has 0 saturated carbocycles. The Morgan fingerprint density at radius 2 is 1.86 bits per heavy atom. The van der Waals surface area contributed by atoms with Gasteiger partial charge in [-0.15, -0.1) is 0 Å². The number of hydrogen-bond donors (Lipinski definition) is 0. The minimum atomic E-state index is -0.187. The smallest absolute Gasteiger partial charge is 0.306 e. The van der Waals surface area contributed by atoms with E-state index in [1.807, 2.05) is 0 Å². The Kier molecular flexibility index (Phi) is 7.80. The third-order valence-corrected chi connectivity index (χ3v) is 1.77. The number of unbranched alkanes of at least 4 members (excludes halogenated alkanes) is 2. The first-order chi connectivity index (χ1) is 6.66. The lowest BCUT2D eigenvalue weighted by Crippen LogP contribution is -2.03. The lowest BCUT2D eigenvalue weighted by Gasteiger charge is -2.01. The molecular formula is C11H18O3. The summed E-state index contributed by atoms with van der Waals surface area (Å²) in [6.45, 7) is 5.31. The largest absolute Gasteiger partial charge is 0.461 e. The summed E-state index contributed by atoms with van der Waals surface area (Å²) in [5.74, 6) is 0.0203. The van der Waals surface area contributed by atoms with Gasteiger partial charge in [0.2, 0.25) is 0 Å². The molecule has 3 heteroatoms. The molecule has 0 rings (SSSR count). The van der Waals surface area contributed by atoms with Crippen LogP contribution in [0.1, 0.15) is 39.0 Å². The van der Waals surface area contributed by atoms with Crippen LogP contribution < -0.4 is 0 Å². The average molecular weight is 198 g/mol. The summed E-state index contributed by atoms with van der Waals surface area (Å²) in [5.41, 5.74) is 0. The van der Waals surface area contributed by atoms with Crippen molar-refractivity contribution in [1.29, 1.82) is 0 Å². The summed E-state index contributed by atoms with van der Waals surface area (Å²) in [5, 5.41) is 0. The highest BCUT2D eigenvalue weighted by molar-refractivity contribution is 5.75. The highest BCUT2D eigenvalue weighted by Gasteiger charge is 2.01. The molecule has 0 unspecified atom stereocenters. The van der Waals surface area contributed by atoms with Crippen LogP contribution in [0.25, 0.3) is 0 Å². The van der Waals surface area contributed by atoms with E-state index in [4.69, 9.17) is 4.74 Å². The standard InChI is InChI=1S/C11H18O3/c1-3-9-14-11(13)8-6-4-5-7-10(2)12/h3H,1,4-9H2,2H3. The van der Waals surface area contributed by atoms with Gasteiger partial charge in [0.25, 0.3) is 0 Å². The van der Waals surface area contributed by atoms with Gasteiger partial charge in [0.05, 0.1) is 0 Å². The molecule has 0 amide bonds. The summed E-state index contributed by atoms with van der Waals surface area (Å²) in [6.07, 6.45) is 5.16. The summed E-state index contributed by atoms with van der Waals surface area (Å²) in [7, 11) is 0. The van der Waals surface area contributed by atoms with Gasteiger partial charge in [0.1, 0.15) is 12.4 Å². The summed E-state index contributed by atoms with van der Waals surface area (Å²) < 4.78 is 4.79. The summed E-state index contributed by atoms with van der Waals surface area (Å²) in [6, 6.07) is 0. The zero-order valence-electron chi connectivity index (χ0n) is 8.75. The molecule has 0 aliphatic carbocycles. The van der Waals surface area contributed by atoms with Gasteiger partial charge >= 0.3 is 5.97 Å². The Morgan fingerprint density at radius 3 is 2.43 bits per heavy atom. The van der Waals surface area contributed by atoms with Crippen molar-refractivity contribution in [2.24, 2.45) is 0 Å². The third-order valence-electron chi connectivity index (χ3n) is 1.77. The second kappa shape index (κ2) is 8.48. The van der Waals surface area contributed by atoms with Gasteiger partial charge in [0, 0.05) is 12.8 Å². The van der Waals surface area contributed by atoms with Crippen LogP contribution in [0.4, 0.5) is 0 Å². The van der Waals surface area contributed by atoms with Gasteiger partial charge in [-0.05, 0) is 19.8 Å². The number of Topliss-reactive ketones (excluding diaryl/α,β-unsaturated/α-hetero) is 1. The van der Waals surface area contributed by atoms with Crippen LogP contribution in [0.15, 0.2) is 12.7 Å². The number of hydrogen-bond acceptors (Lipinski definition) is 3. The number of carbonyl (C=O) groups excluding carboxylic acids is 2. The van der Waals surface area contributed by atoms with Crippen molar-refractivity contribution < 1.29 is 14.3 Å². The average Bonchev–Trinajstić information content (AvgIpc) is 2.13. The minimum absolute atomic E-state index is 0.187. The molecule has 0 aromatic rings. The molecule has 3 nitrogen and oxygen atoms in total. The molecule has 0 aromatic carbocycles. The van der Waals surface area contributed by atoms with Crippen LogP contribution in [0, 0.1) is 0 Å². The molecule has 0 fully saturated rings. The van der Waals surface area contributed by atoms with Crippen molar-refractivity contribution in [3.05, 3.63) is 12.7 Å². The molecule has 0 aliphatic rings. The fourth-order valence-electron chi connectivity index (χ4n) is 1.04. The molecule has 0 aromatic heterocycles. The Labute approximate surface area is 85.1 Å². The third kappa shape index (κ3) is 8.97. The lowest BCUT2D eigenvalue weighted by atomic mass is 10.1. The Balaban J connectivity index is 3.22. The van der Waals surface area contributed by atoms with Crippen LogP contribution in [0.2, 0.25) is 0 Å². The Hall–Kier alpha value is -1.12.